The molecule has 2 N–H and O–H groups in total. The van der Waals surface area contributed by atoms with Crippen LogP contribution >= 0.6 is 0 Å². The topological polar surface area (TPSA) is 59.6 Å². The number of amides is 2. The summed E-state index contributed by atoms with van der Waals surface area (Å²) in [7, 11) is 1.76. The number of nitrogens with one attached hydrogen (secondary N) is 2. The third-order valence-corrected chi connectivity index (χ3v) is 5.67. The summed E-state index contributed by atoms with van der Waals surface area (Å²) in [5.41, 5.74) is 3.22. The van der Waals surface area contributed by atoms with E-state index in [1.165, 1.54) is 5.56 Å². The first-order valence-electron chi connectivity index (χ1n) is 8.42. The number of hydrogen-bond donors (Lipinski definition) is 2. The molecule has 23 heavy (non-hydrogen) atoms. The van der Waals surface area contributed by atoms with Crippen LogP contribution in [0.1, 0.15) is 44.2 Å². The van der Waals surface area contributed by atoms with Crippen LogP contribution in [0.5, 0.6) is 0 Å². The molecule has 1 aliphatic heterocycles. The van der Waals surface area contributed by atoms with E-state index in [9.17, 15) is 4.79 Å². The number of urea groups is 1. The summed E-state index contributed by atoms with van der Waals surface area (Å²) in [5, 5.41) is 6.07. The first-order chi connectivity index (χ1) is 11.1. The molecule has 1 aromatic carbocycles. The van der Waals surface area contributed by atoms with Gasteiger partial charge in [0.05, 0.1) is 19.3 Å². The predicted molar refractivity (Wildman–Crippen MR) is 89.3 cm³/mol. The van der Waals surface area contributed by atoms with E-state index < -0.39 is 0 Å². The molecule has 1 heterocycles. The van der Waals surface area contributed by atoms with Crippen LogP contribution in [0.2, 0.25) is 0 Å². The Morgan fingerprint density at radius 1 is 1.30 bits per heavy atom. The van der Waals surface area contributed by atoms with E-state index in [4.69, 9.17) is 9.47 Å². The van der Waals surface area contributed by atoms with Gasteiger partial charge in [-0.3, -0.25) is 0 Å². The number of carbonyl (C=O) groups is 1. The van der Waals surface area contributed by atoms with Gasteiger partial charge in [-0.25, -0.2) is 4.79 Å². The number of fused-ring (bicyclic) bond motifs is 1. The van der Waals surface area contributed by atoms with Crippen molar-refractivity contribution in [2.24, 2.45) is 5.41 Å². The van der Waals surface area contributed by atoms with Crippen molar-refractivity contribution >= 4 is 11.7 Å². The highest BCUT2D eigenvalue weighted by Gasteiger charge is 2.53. The summed E-state index contributed by atoms with van der Waals surface area (Å²) in [6.07, 6.45) is 3.12. The van der Waals surface area contributed by atoms with Gasteiger partial charge in [0, 0.05) is 24.3 Å². The number of hydrogen-bond acceptors (Lipinski definition) is 3. The maximum absolute atomic E-state index is 12.3. The second kappa shape index (κ2) is 6.49. The molecule has 1 aliphatic carbocycles. The molecule has 2 atom stereocenters. The number of benzene rings is 1. The van der Waals surface area contributed by atoms with Gasteiger partial charge in [-0.1, -0.05) is 19.9 Å². The molecule has 1 fully saturated rings. The lowest BCUT2D eigenvalue weighted by Crippen LogP contribution is -2.64. The van der Waals surface area contributed by atoms with Gasteiger partial charge in [-0.15, -0.1) is 0 Å². The predicted octanol–water partition coefficient (Wildman–Crippen LogP) is 3.43. The Labute approximate surface area is 137 Å². The van der Waals surface area contributed by atoms with Crippen LogP contribution < -0.4 is 10.6 Å². The van der Waals surface area contributed by atoms with Crippen LogP contribution in [0.15, 0.2) is 18.2 Å². The van der Waals surface area contributed by atoms with Crippen LogP contribution in [-0.4, -0.2) is 25.3 Å². The molecular formula is C18H26N2O3. The Bertz CT molecular complexity index is 584. The normalized spacial score (nSPS) is 24.7. The van der Waals surface area contributed by atoms with Gasteiger partial charge in [0.15, 0.2) is 0 Å². The van der Waals surface area contributed by atoms with Gasteiger partial charge < -0.3 is 20.1 Å². The maximum Gasteiger partial charge on any atom is 0.319 e. The monoisotopic (exact) mass is 318 g/mol. The summed E-state index contributed by atoms with van der Waals surface area (Å²) in [6, 6.07) is 5.96. The van der Waals surface area contributed by atoms with Crippen LogP contribution in [0.25, 0.3) is 0 Å². The third kappa shape index (κ3) is 2.83. The van der Waals surface area contributed by atoms with Crippen molar-refractivity contribution in [1.29, 1.82) is 0 Å². The van der Waals surface area contributed by atoms with E-state index in [1.807, 2.05) is 18.2 Å². The summed E-state index contributed by atoms with van der Waals surface area (Å²) in [6.45, 7) is 5.63. The minimum absolute atomic E-state index is 0.0534. The van der Waals surface area contributed by atoms with Crippen molar-refractivity contribution in [1.82, 2.24) is 5.32 Å². The minimum atomic E-state index is -0.144. The second-order valence-electron chi connectivity index (χ2n) is 6.53. The number of ether oxygens (including phenoxy) is 2. The molecule has 1 aromatic rings. The molecule has 5 heteroatoms. The van der Waals surface area contributed by atoms with E-state index in [2.05, 4.69) is 24.5 Å². The van der Waals surface area contributed by atoms with Gasteiger partial charge in [0.2, 0.25) is 0 Å². The fourth-order valence-corrected chi connectivity index (χ4v) is 4.05. The number of anilines is 1. The lowest BCUT2D eigenvalue weighted by Gasteiger charge is -2.54. The Kier molecular flexibility index (Phi) is 4.60. The highest BCUT2D eigenvalue weighted by Crippen LogP contribution is 2.48. The molecule has 0 bridgehead atoms. The molecule has 2 aliphatic rings. The van der Waals surface area contributed by atoms with Gasteiger partial charge in [-0.2, -0.15) is 0 Å². The quantitative estimate of drug-likeness (QED) is 0.874. The van der Waals surface area contributed by atoms with Gasteiger partial charge in [0.1, 0.15) is 0 Å². The largest absolute Gasteiger partial charge is 0.381 e. The van der Waals surface area contributed by atoms with Crippen molar-refractivity contribution in [2.75, 3.05) is 12.4 Å². The van der Waals surface area contributed by atoms with Crippen molar-refractivity contribution in [2.45, 2.75) is 58.5 Å². The molecule has 1 saturated carbocycles. The van der Waals surface area contributed by atoms with Crippen LogP contribution in [0.3, 0.4) is 0 Å². The van der Waals surface area contributed by atoms with Gasteiger partial charge in [0.25, 0.3) is 0 Å². The minimum Gasteiger partial charge on any atom is -0.381 e. The van der Waals surface area contributed by atoms with E-state index in [1.54, 1.807) is 7.11 Å². The summed E-state index contributed by atoms with van der Waals surface area (Å²) < 4.78 is 11.0. The molecule has 2 amide bonds. The fourth-order valence-electron chi connectivity index (χ4n) is 4.05. The molecule has 3 rings (SSSR count). The van der Waals surface area contributed by atoms with Crippen LogP contribution in [-0.2, 0) is 22.7 Å². The lowest BCUT2D eigenvalue weighted by molar-refractivity contribution is -0.119. The average molecular weight is 318 g/mol. The Morgan fingerprint density at radius 3 is 2.74 bits per heavy atom. The highest BCUT2D eigenvalue weighted by atomic mass is 16.5. The molecule has 0 saturated heterocycles. The second-order valence-corrected chi connectivity index (χ2v) is 6.53. The van der Waals surface area contributed by atoms with E-state index >= 15 is 0 Å². The van der Waals surface area contributed by atoms with E-state index in [-0.39, 0.29) is 23.6 Å². The Hall–Kier alpha value is -1.59. The van der Waals surface area contributed by atoms with Gasteiger partial charge >= 0.3 is 6.03 Å². The molecule has 126 valence electrons. The first kappa shape index (κ1) is 16.3. The SMILES string of the molecule is CCC1(CC)[C@@H](NC(=O)Nc2ccc3c(c2)COC3)C[C@H]1OC. The lowest BCUT2D eigenvalue weighted by atomic mass is 9.58. The van der Waals surface area contributed by atoms with Crippen molar-refractivity contribution in [3.8, 4) is 0 Å². The first-order valence-corrected chi connectivity index (χ1v) is 8.42. The standard InChI is InChI=1S/C18H26N2O3/c1-4-18(5-2)15(9-16(18)22-3)20-17(21)19-14-7-6-12-10-23-11-13(12)8-14/h6-8,15-16H,4-5,9-11H2,1-3H3,(H2,19,20,21)/t15-,16+/m0/s1. The van der Waals surface area contributed by atoms with Crippen molar-refractivity contribution in [3.05, 3.63) is 29.3 Å². The van der Waals surface area contributed by atoms with Gasteiger partial charge in [-0.05, 0) is 42.5 Å². The summed E-state index contributed by atoms with van der Waals surface area (Å²) >= 11 is 0. The zero-order chi connectivity index (χ0) is 16.4. The van der Waals surface area contributed by atoms with Crippen molar-refractivity contribution < 1.29 is 14.3 Å². The highest BCUT2D eigenvalue weighted by molar-refractivity contribution is 5.89. The molecule has 5 nitrogen and oxygen atoms in total. The van der Waals surface area contributed by atoms with E-state index in [0.717, 1.165) is 30.5 Å². The third-order valence-electron chi connectivity index (χ3n) is 5.67. The van der Waals surface area contributed by atoms with Crippen molar-refractivity contribution in [3.63, 3.8) is 0 Å². The Morgan fingerprint density at radius 2 is 2.04 bits per heavy atom. The zero-order valence-corrected chi connectivity index (χ0v) is 14.1. The maximum atomic E-state index is 12.3. The summed E-state index contributed by atoms with van der Waals surface area (Å²) in [4.78, 5) is 12.3. The molecular weight excluding hydrogens is 292 g/mol. The number of rotatable bonds is 5. The molecule has 0 radical (unpaired) electrons. The summed E-state index contributed by atoms with van der Waals surface area (Å²) in [5.74, 6) is 0. The smallest absolute Gasteiger partial charge is 0.319 e. The molecule has 0 aromatic heterocycles. The Balaban J connectivity index is 1.61. The number of carbonyl (C=O) groups excluding carboxylic acids is 1. The zero-order valence-electron chi connectivity index (χ0n) is 14.1. The molecule has 0 spiro atoms. The molecule has 0 unspecified atom stereocenters. The number of methoxy groups -OCH3 is 1. The van der Waals surface area contributed by atoms with Crippen LogP contribution in [0.4, 0.5) is 10.5 Å². The fraction of sp³-hybridized carbons (Fsp3) is 0.611. The average Bonchev–Trinajstić information content (AvgIpc) is 3.00. The van der Waals surface area contributed by atoms with E-state index in [0.29, 0.717) is 13.2 Å². The van der Waals surface area contributed by atoms with Crippen LogP contribution in [0, 0.1) is 5.41 Å².